The topological polar surface area (TPSA) is 105 Å². The summed E-state index contributed by atoms with van der Waals surface area (Å²) in [6, 6.07) is 13.4. The Balaban J connectivity index is 2.20. The molecule has 2 amide bonds. The summed E-state index contributed by atoms with van der Waals surface area (Å²) >= 11 is 0. The maximum absolute atomic E-state index is 13.3. The van der Waals surface area contributed by atoms with Crippen LogP contribution in [0.4, 0.5) is 5.69 Å². The van der Waals surface area contributed by atoms with Crippen molar-refractivity contribution in [3.63, 3.8) is 0 Å². The van der Waals surface area contributed by atoms with Crippen molar-refractivity contribution < 1.29 is 27.5 Å². The van der Waals surface area contributed by atoms with E-state index in [-0.39, 0.29) is 43.8 Å². The molecule has 0 aliphatic rings. The van der Waals surface area contributed by atoms with Gasteiger partial charge < -0.3 is 19.7 Å². The van der Waals surface area contributed by atoms with Gasteiger partial charge in [-0.1, -0.05) is 24.3 Å². The SMILES string of the molecule is COc1ccc(CN(C(=O)CCCN(c2ccccc2OC)S(C)(=O)=O)[C@H](C)C(=O)NC(C)C)cc1. The first-order valence-corrected chi connectivity index (χ1v) is 13.7. The number of hydrogen-bond acceptors (Lipinski definition) is 6. The lowest BCUT2D eigenvalue weighted by Gasteiger charge is -2.30. The smallest absolute Gasteiger partial charge is 0.242 e. The van der Waals surface area contributed by atoms with Gasteiger partial charge in [-0.25, -0.2) is 8.42 Å². The molecule has 0 saturated carbocycles. The number of nitrogens with one attached hydrogen (secondary N) is 1. The maximum Gasteiger partial charge on any atom is 0.242 e. The number of methoxy groups -OCH3 is 2. The van der Waals surface area contributed by atoms with Crippen molar-refractivity contribution in [1.82, 2.24) is 10.2 Å². The Morgan fingerprint density at radius 1 is 0.972 bits per heavy atom. The molecule has 36 heavy (non-hydrogen) atoms. The zero-order chi connectivity index (χ0) is 26.9. The molecule has 2 aromatic rings. The predicted molar refractivity (Wildman–Crippen MR) is 141 cm³/mol. The van der Waals surface area contributed by atoms with Gasteiger partial charge in [0, 0.05) is 25.6 Å². The molecule has 0 spiro atoms. The molecule has 0 radical (unpaired) electrons. The van der Waals surface area contributed by atoms with Crippen LogP contribution in [-0.4, -0.2) is 64.2 Å². The number of amides is 2. The third-order valence-corrected chi connectivity index (χ3v) is 6.80. The van der Waals surface area contributed by atoms with Gasteiger partial charge in [-0.15, -0.1) is 0 Å². The number of carbonyl (C=O) groups is 2. The van der Waals surface area contributed by atoms with Crippen LogP contribution < -0.4 is 19.1 Å². The molecule has 1 atom stereocenters. The maximum atomic E-state index is 13.3. The Morgan fingerprint density at radius 2 is 1.61 bits per heavy atom. The van der Waals surface area contributed by atoms with Crippen LogP contribution in [0.3, 0.4) is 0 Å². The zero-order valence-corrected chi connectivity index (χ0v) is 22.7. The summed E-state index contributed by atoms with van der Waals surface area (Å²) in [5.41, 5.74) is 1.26. The van der Waals surface area contributed by atoms with E-state index in [1.807, 2.05) is 26.0 Å². The van der Waals surface area contributed by atoms with Gasteiger partial charge >= 0.3 is 0 Å². The van der Waals surface area contributed by atoms with Crippen molar-refractivity contribution in [2.45, 2.75) is 52.2 Å². The van der Waals surface area contributed by atoms with Crippen molar-refractivity contribution in [3.8, 4) is 11.5 Å². The number of rotatable bonds is 13. The van der Waals surface area contributed by atoms with Crippen LogP contribution in [-0.2, 0) is 26.2 Å². The second kappa shape index (κ2) is 13.2. The van der Waals surface area contributed by atoms with Crippen LogP contribution in [0.5, 0.6) is 11.5 Å². The molecule has 0 aromatic heterocycles. The molecule has 0 saturated heterocycles. The van der Waals surface area contributed by atoms with Crippen molar-refractivity contribution >= 4 is 27.5 Å². The van der Waals surface area contributed by atoms with Gasteiger partial charge in [-0.3, -0.25) is 13.9 Å². The monoisotopic (exact) mass is 519 g/mol. The lowest BCUT2D eigenvalue weighted by Crippen LogP contribution is -2.49. The fourth-order valence-electron chi connectivity index (χ4n) is 3.73. The first-order valence-electron chi connectivity index (χ1n) is 11.8. The Hall–Kier alpha value is -3.27. The molecule has 10 heteroatoms. The predicted octanol–water partition coefficient (Wildman–Crippen LogP) is 3.19. The van der Waals surface area contributed by atoms with Crippen molar-refractivity contribution in [3.05, 3.63) is 54.1 Å². The lowest BCUT2D eigenvalue weighted by molar-refractivity contribution is -0.140. The summed E-state index contributed by atoms with van der Waals surface area (Å²) in [7, 11) is -0.562. The summed E-state index contributed by atoms with van der Waals surface area (Å²) < 4.78 is 36.8. The third kappa shape index (κ3) is 8.15. The number of nitrogens with zero attached hydrogens (tertiary/aromatic N) is 2. The second-order valence-electron chi connectivity index (χ2n) is 8.82. The average Bonchev–Trinajstić information content (AvgIpc) is 2.83. The fourth-order valence-corrected chi connectivity index (χ4v) is 4.70. The highest BCUT2D eigenvalue weighted by atomic mass is 32.2. The van der Waals surface area contributed by atoms with E-state index in [4.69, 9.17) is 9.47 Å². The highest BCUT2D eigenvalue weighted by Gasteiger charge is 2.27. The second-order valence-corrected chi connectivity index (χ2v) is 10.7. The normalized spacial score (nSPS) is 12.1. The van der Waals surface area contributed by atoms with E-state index in [1.165, 1.54) is 16.3 Å². The Kier molecular flexibility index (Phi) is 10.6. The first kappa shape index (κ1) is 29.0. The Labute approximate surface area is 214 Å². The van der Waals surface area contributed by atoms with E-state index in [9.17, 15) is 18.0 Å². The third-order valence-electron chi connectivity index (χ3n) is 5.62. The number of ether oxygens (including phenoxy) is 2. The molecule has 0 bridgehead atoms. The quantitative estimate of drug-likeness (QED) is 0.436. The summed E-state index contributed by atoms with van der Waals surface area (Å²) in [6.07, 6.45) is 1.45. The highest BCUT2D eigenvalue weighted by Crippen LogP contribution is 2.29. The molecule has 0 unspecified atom stereocenters. The van der Waals surface area contributed by atoms with Crippen molar-refractivity contribution in [2.24, 2.45) is 0 Å². The number of benzene rings is 2. The van der Waals surface area contributed by atoms with Crippen LogP contribution in [0.15, 0.2) is 48.5 Å². The highest BCUT2D eigenvalue weighted by molar-refractivity contribution is 7.92. The Bertz CT molecular complexity index is 1120. The van der Waals surface area contributed by atoms with Crippen molar-refractivity contribution in [1.29, 1.82) is 0 Å². The number of anilines is 1. The van der Waals surface area contributed by atoms with Gasteiger partial charge in [0.15, 0.2) is 0 Å². The number of carbonyl (C=O) groups excluding carboxylic acids is 2. The molecule has 198 valence electrons. The molecule has 2 aromatic carbocycles. The van der Waals surface area contributed by atoms with E-state index in [1.54, 1.807) is 50.4 Å². The van der Waals surface area contributed by atoms with Gasteiger partial charge in [0.25, 0.3) is 0 Å². The minimum absolute atomic E-state index is 0.0661. The van der Waals surface area contributed by atoms with Gasteiger partial charge in [-0.2, -0.15) is 0 Å². The number of hydrogen-bond donors (Lipinski definition) is 1. The Morgan fingerprint density at radius 3 is 2.17 bits per heavy atom. The van der Waals surface area contributed by atoms with E-state index < -0.39 is 16.1 Å². The van der Waals surface area contributed by atoms with Gasteiger partial charge in [0.2, 0.25) is 21.8 Å². The largest absolute Gasteiger partial charge is 0.497 e. The molecule has 0 aliphatic heterocycles. The first-order chi connectivity index (χ1) is 17.0. The molecule has 9 nitrogen and oxygen atoms in total. The van der Waals surface area contributed by atoms with Crippen LogP contribution in [0, 0.1) is 0 Å². The van der Waals surface area contributed by atoms with Gasteiger partial charge in [0.05, 0.1) is 26.2 Å². The lowest BCUT2D eigenvalue weighted by atomic mass is 10.1. The molecule has 2 rings (SSSR count). The summed E-state index contributed by atoms with van der Waals surface area (Å²) in [4.78, 5) is 27.6. The molecule has 0 fully saturated rings. The molecular formula is C26H37N3O6S. The molecule has 1 N–H and O–H groups in total. The van der Waals surface area contributed by atoms with Gasteiger partial charge in [-0.05, 0) is 57.0 Å². The van der Waals surface area contributed by atoms with Crippen LogP contribution >= 0.6 is 0 Å². The zero-order valence-electron chi connectivity index (χ0n) is 21.9. The summed E-state index contributed by atoms with van der Waals surface area (Å²) in [5, 5.41) is 2.86. The van der Waals surface area contributed by atoms with E-state index in [0.29, 0.717) is 17.2 Å². The fraction of sp³-hybridized carbons (Fsp3) is 0.462. The molecule has 0 heterocycles. The average molecular weight is 520 g/mol. The number of para-hydroxylation sites is 2. The molecule has 0 aliphatic carbocycles. The summed E-state index contributed by atoms with van der Waals surface area (Å²) in [6.45, 7) is 5.73. The van der Waals surface area contributed by atoms with Crippen LogP contribution in [0.2, 0.25) is 0 Å². The van der Waals surface area contributed by atoms with E-state index in [0.717, 1.165) is 11.8 Å². The van der Waals surface area contributed by atoms with Gasteiger partial charge in [0.1, 0.15) is 17.5 Å². The minimum atomic E-state index is -3.61. The van der Waals surface area contributed by atoms with E-state index in [2.05, 4.69) is 5.32 Å². The number of sulfonamides is 1. The standard InChI is InChI=1S/C26H37N3O6S/c1-19(2)27-26(31)20(3)28(18-21-13-15-22(34-4)16-14-21)25(30)12-9-17-29(36(6,32)33)23-10-7-8-11-24(23)35-5/h7-8,10-11,13-16,19-20H,9,12,17-18H2,1-6H3,(H,27,31)/t20-/m1/s1. The van der Waals surface area contributed by atoms with E-state index >= 15 is 0 Å². The summed E-state index contributed by atoms with van der Waals surface area (Å²) in [5.74, 6) is 0.623. The van der Waals surface area contributed by atoms with Crippen molar-refractivity contribution in [2.75, 3.05) is 31.3 Å². The minimum Gasteiger partial charge on any atom is -0.497 e. The van der Waals surface area contributed by atoms with Crippen LogP contribution in [0.25, 0.3) is 0 Å². The van der Waals surface area contributed by atoms with Crippen LogP contribution in [0.1, 0.15) is 39.2 Å². The molecular weight excluding hydrogens is 482 g/mol.